The van der Waals surface area contributed by atoms with Gasteiger partial charge in [0.1, 0.15) is 0 Å². The predicted molar refractivity (Wildman–Crippen MR) is 36.6 cm³/mol. The molecule has 0 saturated heterocycles. The third-order valence-corrected chi connectivity index (χ3v) is 1.13. The first-order valence-corrected chi connectivity index (χ1v) is 2.70. The van der Waals surface area contributed by atoms with Crippen molar-refractivity contribution in [2.45, 2.75) is 18.9 Å². The second-order valence-corrected chi connectivity index (χ2v) is 2.27. The highest BCUT2D eigenvalue weighted by molar-refractivity contribution is 5.83. The fourth-order valence-electron chi connectivity index (χ4n) is 0.400. The molecule has 1 amide bonds. The summed E-state index contributed by atoms with van der Waals surface area (Å²) < 4.78 is 0. The van der Waals surface area contributed by atoms with Crippen LogP contribution in [0.5, 0.6) is 0 Å². The van der Waals surface area contributed by atoms with Gasteiger partial charge in [0.15, 0.2) is 0 Å². The number of carbonyl (C=O) groups is 1. The summed E-state index contributed by atoms with van der Waals surface area (Å²) in [5.74, 6) is -0.498. The summed E-state index contributed by atoms with van der Waals surface area (Å²) in [5, 5.41) is 0. The fourth-order valence-corrected chi connectivity index (χ4v) is 0.400. The van der Waals surface area contributed by atoms with Gasteiger partial charge in [-0.3, -0.25) is 4.79 Å². The van der Waals surface area contributed by atoms with Crippen molar-refractivity contribution in [3.63, 3.8) is 0 Å². The van der Waals surface area contributed by atoms with Crippen molar-refractivity contribution in [1.82, 2.24) is 0 Å². The lowest BCUT2D eigenvalue weighted by molar-refractivity contribution is -0.122. The van der Waals surface area contributed by atoms with Crippen LogP contribution in [0.2, 0.25) is 0 Å². The van der Waals surface area contributed by atoms with Crippen molar-refractivity contribution >= 4 is 5.91 Å². The Labute approximate surface area is 54.7 Å². The molecule has 0 bridgehead atoms. The molecule has 3 nitrogen and oxygen atoms in total. The molecule has 0 aliphatic heterocycles. The second-order valence-electron chi connectivity index (χ2n) is 2.27. The minimum Gasteiger partial charge on any atom is -0.368 e. The summed E-state index contributed by atoms with van der Waals surface area (Å²) in [5.41, 5.74) is 9.44. The highest BCUT2D eigenvalue weighted by atomic mass is 16.1. The lowest BCUT2D eigenvalue weighted by Crippen LogP contribution is -2.48. The Bertz CT molecular complexity index is 129. The number of rotatable bonds is 3. The number of hydrogen-bond acceptors (Lipinski definition) is 2. The van der Waals surface area contributed by atoms with Gasteiger partial charge in [0.25, 0.3) is 0 Å². The van der Waals surface area contributed by atoms with E-state index in [1.807, 2.05) is 0 Å². The molecule has 3 heteroatoms. The summed E-state index contributed by atoms with van der Waals surface area (Å²) in [6.45, 7) is 5.02. The van der Waals surface area contributed by atoms with Crippen LogP contribution in [0.1, 0.15) is 13.3 Å². The van der Waals surface area contributed by atoms with Crippen LogP contribution in [0.25, 0.3) is 0 Å². The van der Waals surface area contributed by atoms with Crippen LogP contribution >= 0.6 is 0 Å². The largest absolute Gasteiger partial charge is 0.368 e. The van der Waals surface area contributed by atoms with Gasteiger partial charge in [-0.1, -0.05) is 6.08 Å². The van der Waals surface area contributed by atoms with Gasteiger partial charge in [0, 0.05) is 0 Å². The van der Waals surface area contributed by atoms with Crippen LogP contribution < -0.4 is 11.5 Å². The van der Waals surface area contributed by atoms with E-state index in [0.29, 0.717) is 6.42 Å². The first-order chi connectivity index (χ1) is 4.00. The fraction of sp³-hybridized carbons (Fsp3) is 0.500. The molecule has 1 atom stereocenters. The Morgan fingerprint density at radius 2 is 2.33 bits per heavy atom. The van der Waals surface area contributed by atoms with Crippen LogP contribution in [0.3, 0.4) is 0 Å². The van der Waals surface area contributed by atoms with E-state index in [4.69, 9.17) is 11.5 Å². The zero-order valence-corrected chi connectivity index (χ0v) is 5.55. The summed E-state index contributed by atoms with van der Waals surface area (Å²) in [6.07, 6.45) is 1.99. The smallest absolute Gasteiger partial charge is 0.237 e. The van der Waals surface area contributed by atoms with Gasteiger partial charge in [0.2, 0.25) is 5.91 Å². The number of nitrogens with two attached hydrogens (primary N) is 2. The Hall–Kier alpha value is -0.830. The van der Waals surface area contributed by atoms with Gasteiger partial charge < -0.3 is 11.5 Å². The van der Waals surface area contributed by atoms with Gasteiger partial charge in [-0.15, -0.1) is 6.58 Å². The summed E-state index contributed by atoms with van der Waals surface area (Å²) in [6, 6.07) is 0. The monoisotopic (exact) mass is 128 g/mol. The van der Waals surface area contributed by atoms with Crippen molar-refractivity contribution < 1.29 is 4.79 Å². The molecule has 4 N–H and O–H groups in total. The van der Waals surface area contributed by atoms with Crippen LogP contribution in [0, 0.1) is 0 Å². The SMILES string of the molecule is C=CC[C@](C)(N)C(N)=O. The maximum absolute atomic E-state index is 10.5. The van der Waals surface area contributed by atoms with Crippen molar-refractivity contribution in [2.24, 2.45) is 11.5 Å². The number of carbonyl (C=O) groups excluding carboxylic acids is 1. The molecule has 0 fully saturated rings. The number of hydrogen-bond donors (Lipinski definition) is 2. The van der Waals surface area contributed by atoms with Crippen LogP contribution in [0.15, 0.2) is 12.7 Å². The van der Waals surface area contributed by atoms with E-state index in [1.54, 1.807) is 13.0 Å². The second kappa shape index (κ2) is 2.64. The van der Waals surface area contributed by atoms with E-state index in [1.165, 1.54) is 0 Å². The zero-order chi connectivity index (χ0) is 7.49. The van der Waals surface area contributed by atoms with E-state index in [-0.39, 0.29) is 0 Å². The maximum Gasteiger partial charge on any atom is 0.237 e. The minimum absolute atomic E-state index is 0.419. The third kappa shape index (κ3) is 2.28. The van der Waals surface area contributed by atoms with E-state index in [2.05, 4.69) is 6.58 Å². The molecule has 9 heavy (non-hydrogen) atoms. The third-order valence-electron chi connectivity index (χ3n) is 1.13. The summed E-state index contributed by atoms with van der Waals surface area (Å²) >= 11 is 0. The van der Waals surface area contributed by atoms with E-state index in [0.717, 1.165) is 0 Å². The average Bonchev–Trinajstić information content (AvgIpc) is 1.65. The standard InChI is InChI=1S/C6H12N2O/c1-3-4-6(2,8)5(7)9/h3H,1,4,8H2,2H3,(H2,7,9)/t6-/m0/s1. The van der Waals surface area contributed by atoms with Crippen molar-refractivity contribution in [3.05, 3.63) is 12.7 Å². The Morgan fingerprint density at radius 3 is 2.44 bits per heavy atom. The van der Waals surface area contributed by atoms with Crippen molar-refractivity contribution in [3.8, 4) is 0 Å². The van der Waals surface area contributed by atoms with E-state index in [9.17, 15) is 4.79 Å². The molecule has 52 valence electrons. The molecule has 0 aromatic heterocycles. The quantitative estimate of drug-likeness (QED) is 0.515. The maximum atomic E-state index is 10.5. The molecule has 0 heterocycles. The molecule has 0 aliphatic carbocycles. The summed E-state index contributed by atoms with van der Waals surface area (Å²) in [7, 11) is 0. The average molecular weight is 128 g/mol. The van der Waals surface area contributed by atoms with Crippen molar-refractivity contribution in [1.29, 1.82) is 0 Å². The Kier molecular flexibility index (Phi) is 2.40. The number of primary amides is 1. The lowest BCUT2D eigenvalue weighted by atomic mass is 9.99. The summed E-state index contributed by atoms with van der Waals surface area (Å²) in [4.78, 5) is 10.5. The minimum atomic E-state index is -0.929. The first-order valence-electron chi connectivity index (χ1n) is 2.70. The van der Waals surface area contributed by atoms with Crippen LogP contribution in [0.4, 0.5) is 0 Å². The molecule has 0 saturated carbocycles. The Morgan fingerprint density at radius 1 is 1.89 bits per heavy atom. The lowest BCUT2D eigenvalue weighted by Gasteiger charge is -2.17. The van der Waals surface area contributed by atoms with Crippen LogP contribution in [-0.2, 0) is 4.79 Å². The molecular formula is C6H12N2O. The molecule has 0 unspecified atom stereocenters. The normalized spacial score (nSPS) is 16.2. The Balaban J connectivity index is 4.00. The molecular weight excluding hydrogens is 116 g/mol. The van der Waals surface area contributed by atoms with Gasteiger partial charge in [0.05, 0.1) is 5.54 Å². The van der Waals surface area contributed by atoms with Gasteiger partial charge >= 0.3 is 0 Å². The molecule has 0 radical (unpaired) electrons. The first kappa shape index (κ1) is 8.17. The van der Waals surface area contributed by atoms with Gasteiger partial charge in [-0.2, -0.15) is 0 Å². The molecule has 0 aromatic carbocycles. The molecule has 0 spiro atoms. The van der Waals surface area contributed by atoms with Crippen molar-refractivity contribution in [2.75, 3.05) is 0 Å². The molecule has 0 aromatic rings. The van der Waals surface area contributed by atoms with E-state index >= 15 is 0 Å². The molecule has 0 rings (SSSR count). The highest BCUT2D eigenvalue weighted by Gasteiger charge is 2.22. The van der Waals surface area contributed by atoms with Gasteiger partial charge in [-0.05, 0) is 13.3 Å². The topological polar surface area (TPSA) is 69.1 Å². The van der Waals surface area contributed by atoms with E-state index < -0.39 is 11.4 Å². The predicted octanol–water partition coefficient (Wildman–Crippen LogP) is -0.235. The zero-order valence-electron chi connectivity index (χ0n) is 5.55. The molecule has 0 aliphatic rings. The van der Waals surface area contributed by atoms with Gasteiger partial charge in [-0.25, -0.2) is 0 Å². The van der Waals surface area contributed by atoms with Crippen LogP contribution in [-0.4, -0.2) is 11.4 Å². The highest BCUT2D eigenvalue weighted by Crippen LogP contribution is 2.03. The number of amides is 1.